The molecular formula is C16H15N3. The lowest BCUT2D eigenvalue weighted by molar-refractivity contribution is 0.560. The van der Waals surface area contributed by atoms with Crippen LogP contribution in [-0.2, 0) is 6.42 Å². The molecule has 0 radical (unpaired) electrons. The van der Waals surface area contributed by atoms with Crippen LogP contribution in [-0.4, -0.2) is 16.5 Å². The van der Waals surface area contributed by atoms with Gasteiger partial charge in [-0.05, 0) is 35.7 Å². The summed E-state index contributed by atoms with van der Waals surface area (Å²) in [5, 5.41) is 4.95. The molecule has 94 valence electrons. The second-order valence-electron chi connectivity index (χ2n) is 4.98. The predicted octanol–water partition coefficient (Wildman–Crippen LogP) is 2.80. The van der Waals surface area contributed by atoms with Crippen molar-refractivity contribution in [2.45, 2.75) is 12.5 Å². The molecule has 0 aliphatic carbocycles. The minimum Gasteiger partial charge on any atom is -0.357 e. The first kappa shape index (κ1) is 10.8. The molecule has 1 aromatic carbocycles. The number of nitrogens with zero attached hydrogens (tertiary/aromatic N) is 1. The van der Waals surface area contributed by atoms with Crippen LogP contribution in [0.5, 0.6) is 0 Å². The Labute approximate surface area is 111 Å². The van der Waals surface area contributed by atoms with Crippen molar-refractivity contribution in [2.24, 2.45) is 0 Å². The molecule has 2 aromatic heterocycles. The third kappa shape index (κ3) is 1.66. The van der Waals surface area contributed by atoms with E-state index in [1.165, 1.54) is 27.7 Å². The largest absolute Gasteiger partial charge is 0.357 e. The van der Waals surface area contributed by atoms with Gasteiger partial charge in [-0.2, -0.15) is 0 Å². The van der Waals surface area contributed by atoms with Gasteiger partial charge in [-0.3, -0.25) is 4.98 Å². The van der Waals surface area contributed by atoms with Crippen molar-refractivity contribution in [2.75, 3.05) is 6.54 Å². The molecule has 1 aliphatic heterocycles. The Hall–Kier alpha value is -2.13. The Morgan fingerprint density at radius 1 is 1.05 bits per heavy atom. The summed E-state index contributed by atoms with van der Waals surface area (Å²) in [5.41, 5.74) is 5.26. The standard InChI is InChI=1S/C16H15N3/c1-2-4-14-12(3-1)13-7-10-18-15(16(13)19-14)11-5-8-17-9-6-11/h1-6,8-9,15,18-19H,7,10H2/t15-/m1/s1. The number of benzene rings is 1. The molecule has 3 nitrogen and oxygen atoms in total. The first-order chi connectivity index (χ1) is 9.43. The number of rotatable bonds is 1. The normalized spacial score (nSPS) is 18.4. The molecule has 3 aromatic rings. The Kier molecular flexibility index (Phi) is 2.38. The van der Waals surface area contributed by atoms with Gasteiger partial charge in [0, 0.05) is 35.5 Å². The molecule has 1 aliphatic rings. The van der Waals surface area contributed by atoms with E-state index in [4.69, 9.17) is 0 Å². The fourth-order valence-corrected chi connectivity index (χ4v) is 3.02. The van der Waals surface area contributed by atoms with E-state index in [0.717, 1.165) is 13.0 Å². The average molecular weight is 249 g/mol. The number of nitrogens with one attached hydrogen (secondary N) is 2. The van der Waals surface area contributed by atoms with Crippen LogP contribution in [0.15, 0.2) is 48.8 Å². The number of hydrogen-bond acceptors (Lipinski definition) is 2. The van der Waals surface area contributed by atoms with Crippen molar-refractivity contribution >= 4 is 10.9 Å². The summed E-state index contributed by atoms with van der Waals surface area (Å²) in [7, 11) is 0. The molecule has 0 spiro atoms. The SMILES string of the molecule is c1ccc2c3c([nH]c2c1)[C@@H](c1ccncc1)NCC3. The summed E-state index contributed by atoms with van der Waals surface area (Å²) in [5.74, 6) is 0. The fraction of sp³-hybridized carbons (Fsp3) is 0.188. The van der Waals surface area contributed by atoms with Crippen molar-refractivity contribution in [1.29, 1.82) is 0 Å². The van der Waals surface area contributed by atoms with Gasteiger partial charge in [0.25, 0.3) is 0 Å². The first-order valence-electron chi connectivity index (χ1n) is 6.66. The lowest BCUT2D eigenvalue weighted by Gasteiger charge is -2.24. The number of aromatic nitrogens is 2. The second kappa shape index (κ2) is 4.21. The van der Waals surface area contributed by atoms with Gasteiger partial charge in [-0.25, -0.2) is 0 Å². The zero-order valence-electron chi connectivity index (χ0n) is 10.6. The van der Waals surface area contributed by atoms with Gasteiger partial charge in [-0.1, -0.05) is 18.2 Å². The van der Waals surface area contributed by atoms with Gasteiger partial charge >= 0.3 is 0 Å². The van der Waals surface area contributed by atoms with Crippen LogP contribution >= 0.6 is 0 Å². The molecule has 0 saturated heterocycles. The van der Waals surface area contributed by atoms with Crippen LogP contribution in [0.25, 0.3) is 10.9 Å². The Morgan fingerprint density at radius 2 is 1.89 bits per heavy atom. The van der Waals surface area contributed by atoms with Gasteiger partial charge in [0.2, 0.25) is 0 Å². The topological polar surface area (TPSA) is 40.7 Å². The maximum Gasteiger partial charge on any atom is 0.0733 e. The molecule has 19 heavy (non-hydrogen) atoms. The molecule has 4 rings (SSSR count). The highest BCUT2D eigenvalue weighted by Crippen LogP contribution is 2.32. The molecule has 2 N–H and O–H groups in total. The highest BCUT2D eigenvalue weighted by Gasteiger charge is 2.24. The van der Waals surface area contributed by atoms with E-state index in [2.05, 4.69) is 51.7 Å². The van der Waals surface area contributed by atoms with Gasteiger partial charge in [-0.15, -0.1) is 0 Å². The number of hydrogen-bond donors (Lipinski definition) is 2. The van der Waals surface area contributed by atoms with Crippen LogP contribution in [0, 0.1) is 0 Å². The zero-order chi connectivity index (χ0) is 12.7. The molecule has 0 bridgehead atoms. The highest BCUT2D eigenvalue weighted by atomic mass is 15.0. The van der Waals surface area contributed by atoms with Crippen molar-refractivity contribution < 1.29 is 0 Å². The highest BCUT2D eigenvalue weighted by molar-refractivity contribution is 5.85. The van der Waals surface area contributed by atoms with Crippen molar-refractivity contribution in [1.82, 2.24) is 15.3 Å². The van der Waals surface area contributed by atoms with E-state index in [-0.39, 0.29) is 6.04 Å². The molecule has 0 amide bonds. The molecule has 3 heteroatoms. The van der Waals surface area contributed by atoms with Gasteiger partial charge < -0.3 is 10.3 Å². The molecule has 0 fully saturated rings. The van der Waals surface area contributed by atoms with Crippen LogP contribution in [0.3, 0.4) is 0 Å². The van der Waals surface area contributed by atoms with E-state index < -0.39 is 0 Å². The summed E-state index contributed by atoms with van der Waals surface area (Å²) < 4.78 is 0. The Morgan fingerprint density at radius 3 is 2.79 bits per heavy atom. The lowest BCUT2D eigenvalue weighted by Crippen LogP contribution is -2.30. The third-order valence-electron chi connectivity index (χ3n) is 3.90. The minimum absolute atomic E-state index is 0.249. The zero-order valence-corrected chi connectivity index (χ0v) is 10.6. The smallest absolute Gasteiger partial charge is 0.0733 e. The van der Waals surface area contributed by atoms with Gasteiger partial charge in [0.05, 0.1) is 6.04 Å². The number of H-pyrrole nitrogens is 1. The van der Waals surface area contributed by atoms with Crippen LogP contribution in [0.2, 0.25) is 0 Å². The number of fused-ring (bicyclic) bond motifs is 3. The average Bonchev–Trinajstić information content (AvgIpc) is 2.87. The monoisotopic (exact) mass is 249 g/mol. The van der Waals surface area contributed by atoms with E-state index in [9.17, 15) is 0 Å². The number of aromatic amines is 1. The summed E-state index contributed by atoms with van der Waals surface area (Å²) >= 11 is 0. The summed E-state index contributed by atoms with van der Waals surface area (Å²) in [4.78, 5) is 7.68. The fourth-order valence-electron chi connectivity index (χ4n) is 3.02. The third-order valence-corrected chi connectivity index (χ3v) is 3.90. The van der Waals surface area contributed by atoms with E-state index in [1.807, 2.05) is 12.4 Å². The summed E-state index contributed by atoms with van der Waals surface area (Å²) in [6.07, 6.45) is 4.79. The van der Waals surface area contributed by atoms with Crippen LogP contribution < -0.4 is 5.32 Å². The minimum atomic E-state index is 0.249. The molecule has 0 unspecified atom stereocenters. The predicted molar refractivity (Wildman–Crippen MR) is 76.1 cm³/mol. The lowest BCUT2D eigenvalue weighted by atomic mass is 9.95. The first-order valence-corrected chi connectivity index (χ1v) is 6.66. The Balaban J connectivity index is 1.91. The second-order valence-corrected chi connectivity index (χ2v) is 4.98. The maximum atomic E-state index is 4.10. The van der Waals surface area contributed by atoms with E-state index in [0.29, 0.717) is 0 Å². The molecular weight excluding hydrogens is 234 g/mol. The molecule has 0 saturated carbocycles. The quantitative estimate of drug-likeness (QED) is 0.696. The van der Waals surface area contributed by atoms with Gasteiger partial charge in [0.15, 0.2) is 0 Å². The maximum absolute atomic E-state index is 4.10. The van der Waals surface area contributed by atoms with Crippen molar-refractivity contribution in [3.8, 4) is 0 Å². The summed E-state index contributed by atoms with van der Waals surface area (Å²) in [6, 6.07) is 13.0. The molecule has 1 atom stereocenters. The van der Waals surface area contributed by atoms with E-state index >= 15 is 0 Å². The number of para-hydroxylation sites is 1. The van der Waals surface area contributed by atoms with Crippen LogP contribution in [0.4, 0.5) is 0 Å². The van der Waals surface area contributed by atoms with Crippen molar-refractivity contribution in [3.05, 3.63) is 65.6 Å². The van der Waals surface area contributed by atoms with E-state index in [1.54, 1.807) is 0 Å². The van der Waals surface area contributed by atoms with Crippen molar-refractivity contribution in [3.63, 3.8) is 0 Å². The Bertz CT molecular complexity index is 715. The number of pyridine rings is 1. The molecule has 3 heterocycles. The van der Waals surface area contributed by atoms with Gasteiger partial charge in [0.1, 0.15) is 0 Å². The van der Waals surface area contributed by atoms with Crippen LogP contribution in [0.1, 0.15) is 22.9 Å². The summed E-state index contributed by atoms with van der Waals surface area (Å²) in [6.45, 7) is 1.02.